The van der Waals surface area contributed by atoms with Gasteiger partial charge in [-0.05, 0) is 19.9 Å². The fourth-order valence-corrected chi connectivity index (χ4v) is 2.34. The Balaban J connectivity index is 2.57. The zero-order chi connectivity index (χ0) is 13.1. The van der Waals surface area contributed by atoms with Crippen molar-refractivity contribution in [1.82, 2.24) is 4.90 Å². The summed E-state index contributed by atoms with van der Waals surface area (Å²) in [6, 6.07) is 0.202. The van der Waals surface area contributed by atoms with Crippen LogP contribution in [0.1, 0.15) is 32.1 Å². The van der Waals surface area contributed by atoms with E-state index < -0.39 is 17.9 Å². The number of alkyl halides is 3. The van der Waals surface area contributed by atoms with Gasteiger partial charge in [0.2, 0.25) is 0 Å². The van der Waals surface area contributed by atoms with Crippen molar-refractivity contribution in [2.75, 3.05) is 13.6 Å². The number of nitrogens with two attached hydrogens (primary N) is 1. The van der Waals surface area contributed by atoms with Crippen molar-refractivity contribution in [3.63, 3.8) is 0 Å². The third kappa shape index (κ3) is 4.18. The minimum absolute atomic E-state index is 0.202. The largest absolute Gasteiger partial charge is 0.399 e. The molecule has 1 atom stereocenters. The van der Waals surface area contributed by atoms with Crippen molar-refractivity contribution in [2.24, 2.45) is 11.7 Å². The molecule has 0 aliphatic heterocycles. The molecule has 1 rings (SSSR count). The second-order valence-electron chi connectivity index (χ2n) is 4.78. The van der Waals surface area contributed by atoms with Crippen LogP contribution in [-0.2, 0) is 0 Å². The van der Waals surface area contributed by atoms with E-state index >= 15 is 0 Å². The molecule has 0 saturated heterocycles. The summed E-state index contributed by atoms with van der Waals surface area (Å²) in [7, 11) is 1.69. The summed E-state index contributed by atoms with van der Waals surface area (Å²) in [6.45, 7) is -0.205. The average Bonchev–Trinajstić information content (AvgIpc) is 2.24. The molecule has 0 radical (unpaired) electrons. The molecule has 0 heterocycles. The summed E-state index contributed by atoms with van der Waals surface area (Å²) in [6.07, 6.45) is 0.782. The van der Waals surface area contributed by atoms with Gasteiger partial charge < -0.3 is 10.6 Å². The van der Waals surface area contributed by atoms with Gasteiger partial charge in [-0.2, -0.15) is 13.2 Å². The maximum absolute atomic E-state index is 12.7. The summed E-state index contributed by atoms with van der Waals surface area (Å²) in [5.41, 5.74) is 5.04. The van der Waals surface area contributed by atoms with Crippen LogP contribution >= 0.6 is 0 Å². The summed E-state index contributed by atoms with van der Waals surface area (Å²) in [5, 5.41) is 7.05. The van der Waals surface area contributed by atoms with Gasteiger partial charge in [0, 0.05) is 12.6 Å². The molecular formula is C11H20F3N3. The van der Waals surface area contributed by atoms with Crippen molar-refractivity contribution in [3.8, 4) is 0 Å². The molecule has 1 aliphatic rings. The molecule has 0 aromatic heterocycles. The Morgan fingerprint density at radius 2 is 1.88 bits per heavy atom. The molecule has 3 nitrogen and oxygen atoms in total. The third-order valence-electron chi connectivity index (χ3n) is 3.44. The van der Waals surface area contributed by atoms with Gasteiger partial charge in [-0.1, -0.05) is 19.3 Å². The molecule has 0 aromatic carbocycles. The number of hydrogen-bond acceptors (Lipinski definition) is 2. The lowest BCUT2D eigenvalue weighted by Gasteiger charge is -2.33. The van der Waals surface area contributed by atoms with Gasteiger partial charge >= 0.3 is 6.18 Å². The van der Waals surface area contributed by atoms with Crippen molar-refractivity contribution in [3.05, 3.63) is 0 Å². The molecule has 0 bridgehead atoms. The zero-order valence-corrected chi connectivity index (χ0v) is 10.1. The molecule has 6 heteroatoms. The topological polar surface area (TPSA) is 53.1 Å². The molecule has 1 aliphatic carbocycles. The summed E-state index contributed by atoms with van der Waals surface area (Å²) >= 11 is 0. The molecule has 0 spiro atoms. The molecule has 0 amide bonds. The molecule has 3 N–H and O–H groups in total. The monoisotopic (exact) mass is 251 g/mol. The van der Waals surface area contributed by atoms with Gasteiger partial charge in [0.05, 0.1) is 0 Å². The first-order valence-corrected chi connectivity index (χ1v) is 5.93. The summed E-state index contributed by atoms with van der Waals surface area (Å²) < 4.78 is 38.0. The van der Waals surface area contributed by atoms with Crippen LogP contribution in [0.15, 0.2) is 0 Å². The van der Waals surface area contributed by atoms with Crippen LogP contribution in [0, 0.1) is 11.3 Å². The highest BCUT2D eigenvalue weighted by Crippen LogP contribution is 2.29. The van der Waals surface area contributed by atoms with Gasteiger partial charge in [-0.3, -0.25) is 5.41 Å². The predicted molar refractivity (Wildman–Crippen MR) is 61.0 cm³/mol. The second-order valence-corrected chi connectivity index (χ2v) is 4.78. The van der Waals surface area contributed by atoms with Crippen molar-refractivity contribution < 1.29 is 13.2 Å². The van der Waals surface area contributed by atoms with E-state index in [1.807, 2.05) is 0 Å². The number of nitrogens with zero attached hydrogens (tertiary/aromatic N) is 1. The Kier molecular flexibility index (Phi) is 4.80. The number of halogens is 3. The first-order chi connectivity index (χ1) is 7.82. The molecule has 1 saturated carbocycles. The van der Waals surface area contributed by atoms with Gasteiger partial charge in [0.25, 0.3) is 0 Å². The predicted octanol–water partition coefficient (Wildman–Crippen LogP) is 2.37. The van der Waals surface area contributed by atoms with E-state index in [2.05, 4.69) is 0 Å². The molecular weight excluding hydrogens is 231 g/mol. The van der Waals surface area contributed by atoms with Gasteiger partial charge in [0.15, 0.2) is 0 Å². The Bertz CT molecular complexity index is 259. The van der Waals surface area contributed by atoms with Gasteiger partial charge in [-0.15, -0.1) is 0 Å². The molecule has 1 fully saturated rings. The number of nitrogens with one attached hydrogen (secondary N) is 1. The average molecular weight is 251 g/mol. The van der Waals surface area contributed by atoms with E-state index in [9.17, 15) is 13.2 Å². The van der Waals surface area contributed by atoms with Crippen molar-refractivity contribution in [1.29, 1.82) is 5.41 Å². The lowest BCUT2D eigenvalue weighted by atomic mass is 9.93. The summed E-state index contributed by atoms with van der Waals surface area (Å²) in [4.78, 5) is 1.71. The van der Waals surface area contributed by atoms with Crippen LogP contribution in [0.25, 0.3) is 0 Å². The molecule has 1 unspecified atom stereocenters. The molecule has 17 heavy (non-hydrogen) atoms. The van der Waals surface area contributed by atoms with E-state index in [-0.39, 0.29) is 12.6 Å². The SMILES string of the molecule is CN(CC(C(=N)N)C(F)(F)F)C1CCCCC1. The first kappa shape index (κ1) is 14.3. The van der Waals surface area contributed by atoms with E-state index in [4.69, 9.17) is 11.1 Å². The van der Waals surface area contributed by atoms with Gasteiger partial charge in [-0.25, -0.2) is 0 Å². The first-order valence-electron chi connectivity index (χ1n) is 5.93. The standard InChI is InChI=1S/C11H20F3N3/c1-17(8-5-3-2-4-6-8)7-9(10(15)16)11(12,13)14/h8-9H,2-7H2,1H3,(H3,15,16). The highest BCUT2D eigenvalue weighted by atomic mass is 19.4. The maximum Gasteiger partial charge on any atom is 0.399 e. The van der Waals surface area contributed by atoms with Crippen molar-refractivity contribution >= 4 is 5.84 Å². The van der Waals surface area contributed by atoms with E-state index in [0.29, 0.717) is 0 Å². The van der Waals surface area contributed by atoms with E-state index in [1.54, 1.807) is 11.9 Å². The van der Waals surface area contributed by atoms with Crippen LogP contribution in [0.3, 0.4) is 0 Å². The van der Waals surface area contributed by atoms with Crippen LogP contribution in [0.2, 0.25) is 0 Å². The Labute approximate surface area is 99.7 Å². The zero-order valence-electron chi connectivity index (χ0n) is 10.1. The van der Waals surface area contributed by atoms with E-state index in [1.165, 1.54) is 6.42 Å². The van der Waals surface area contributed by atoms with Gasteiger partial charge in [0.1, 0.15) is 11.8 Å². The van der Waals surface area contributed by atoms with Crippen LogP contribution in [-0.4, -0.2) is 36.5 Å². The molecule has 0 aromatic rings. The Morgan fingerprint density at radius 3 is 2.29 bits per heavy atom. The highest BCUT2D eigenvalue weighted by Gasteiger charge is 2.43. The van der Waals surface area contributed by atoms with Crippen LogP contribution < -0.4 is 5.73 Å². The van der Waals surface area contributed by atoms with E-state index in [0.717, 1.165) is 25.7 Å². The Morgan fingerprint density at radius 1 is 1.35 bits per heavy atom. The fraction of sp³-hybridized carbons (Fsp3) is 0.909. The smallest absolute Gasteiger partial charge is 0.387 e. The quantitative estimate of drug-likeness (QED) is 0.595. The fourth-order valence-electron chi connectivity index (χ4n) is 2.34. The highest BCUT2D eigenvalue weighted by molar-refractivity contribution is 5.80. The minimum Gasteiger partial charge on any atom is -0.387 e. The lowest BCUT2D eigenvalue weighted by Crippen LogP contribution is -2.46. The number of rotatable bonds is 4. The lowest BCUT2D eigenvalue weighted by molar-refractivity contribution is -0.160. The normalized spacial score (nSPS) is 20.5. The molecule has 100 valence electrons. The minimum atomic E-state index is -4.42. The van der Waals surface area contributed by atoms with Crippen LogP contribution in [0.5, 0.6) is 0 Å². The summed E-state index contributed by atoms with van der Waals surface area (Å²) in [5.74, 6) is -2.63. The number of amidine groups is 1. The third-order valence-corrected chi connectivity index (χ3v) is 3.44. The number of hydrogen-bond donors (Lipinski definition) is 2. The Hall–Kier alpha value is -0.780. The van der Waals surface area contributed by atoms with Crippen LogP contribution in [0.4, 0.5) is 13.2 Å². The van der Waals surface area contributed by atoms with Crippen molar-refractivity contribution in [2.45, 2.75) is 44.3 Å². The maximum atomic E-state index is 12.7. The second kappa shape index (κ2) is 5.71.